The molecule has 0 aromatic rings. The second kappa shape index (κ2) is 10.4. The topological polar surface area (TPSA) is 50.4 Å². The molecule has 102 valence electrons. The highest BCUT2D eigenvalue weighted by Gasteiger charge is 2.19. The second-order valence-corrected chi connectivity index (χ2v) is 4.12. The molecule has 0 saturated carbocycles. The molecule has 17 heavy (non-hydrogen) atoms. The first-order valence-corrected chi connectivity index (χ1v) is 6.82. The Morgan fingerprint density at radius 3 is 2.41 bits per heavy atom. The van der Waals surface area contributed by atoms with E-state index in [1.54, 1.807) is 7.05 Å². The standard InChI is InChI=1S/C11H22N2O2.C2H6/c1-3-10(13-11(14)12-2)8-9-4-6-15-7-5-9;1-2/h9-10H,3-8H2,1-2H3,(H2,12,13,14);1-2H3/t10-;/m1./s1. The lowest BCUT2D eigenvalue weighted by atomic mass is 9.91. The van der Waals surface area contributed by atoms with Crippen molar-refractivity contribution < 1.29 is 9.53 Å². The summed E-state index contributed by atoms with van der Waals surface area (Å²) in [6.45, 7) is 7.86. The van der Waals surface area contributed by atoms with Gasteiger partial charge in [0.15, 0.2) is 0 Å². The van der Waals surface area contributed by atoms with E-state index in [1.165, 1.54) is 0 Å². The van der Waals surface area contributed by atoms with E-state index >= 15 is 0 Å². The summed E-state index contributed by atoms with van der Waals surface area (Å²) >= 11 is 0. The number of ether oxygens (including phenoxy) is 1. The highest BCUT2D eigenvalue weighted by atomic mass is 16.5. The average molecular weight is 244 g/mol. The molecule has 1 fully saturated rings. The maximum absolute atomic E-state index is 11.2. The van der Waals surface area contributed by atoms with Crippen molar-refractivity contribution in [2.24, 2.45) is 5.92 Å². The Morgan fingerprint density at radius 1 is 1.35 bits per heavy atom. The summed E-state index contributed by atoms with van der Waals surface area (Å²) in [5.41, 5.74) is 0. The van der Waals surface area contributed by atoms with Crippen LogP contribution in [0, 0.1) is 5.92 Å². The van der Waals surface area contributed by atoms with Crippen LogP contribution in [0.15, 0.2) is 0 Å². The number of carbonyl (C=O) groups excluding carboxylic acids is 1. The summed E-state index contributed by atoms with van der Waals surface area (Å²) in [4.78, 5) is 11.2. The molecule has 1 atom stereocenters. The van der Waals surface area contributed by atoms with Gasteiger partial charge in [-0.15, -0.1) is 0 Å². The molecule has 1 aliphatic rings. The molecule has 2 N–H and O–H groups in total. The van der Waals surface area contributed by atoms with Gasteiger partial charge in [0.1, 0.15) is 0 Å². The Labute approximate surface area is 105 Å². The fraction of sp³-hybridized carbons (Fsp3) is 0.923. The number of hydrogen-bond donors (Lipinski definition) is 2. The molecular weight excluding hydrogens is 216 g/mol. The van der Waals surface area contributed by atoms with Crippen LogP contribution < -0.4 is 10.6 Å². The smallest absolute Gasteiger partial charge is 0.314 e. The van der Waals surface area contributed by atoms with Gasteiger partial charge in [0.05, 0.1) is 0 Å². The van der Waals surface area contributed by atoms with E-state index in [2.05, 4.69) is 17.6 Å². The van der Waals surface area contributed by atoms with E-state index in [0.717, 1.165) is 38.9 Å². The summed E-state index contributed by atoms with van der Waals surface area (Å²) in [5, 5.41) is 5.57. The lowest BCUT2D eigenvalue weighted by molar-refractivity contribution is 0.0608. The lowest BCUT2D eigenvalue weighted by Gasteiger charge is -2.26. The number of hydrogen-bond acceptors (Lipinski definition) is 2. The fourth-order valence-corrected chi connectivity index (χ4v) is 1.97. The van der Waals surface area contributed by atoms with E-state index < -0.39 is 0 Å². The van der Waals surface area contributed by atoms with Gasteiger partial charge in [-0.3, -0.25) is 0 Å². The molecule has 0 aliphatic carbocycles. The molecular formula is C13H28N2O2. The third kappa shape index (κ3) is 7.21. The minimum Gasteiger partial charge on any atom is -0.381 e. The van der Waals surface area contributed by atoms with Gasteiger partial charge in [-0.2, -0.15) is 0 Å². The predicted octanol–water partition coefficient (Wildman–Crippen LogP) is 2.54. The van der Waals surface area contributed by atoms with Crippen molar-refractivity contribution in [3.8, 4) is 0 Å². The minimum absolute atomic E-state index is 0.0751. The first kappa shape index (κ1) is 16.2. The van der Waals surface area contributed by atoms with Crippen molar-refractivity contribution in [2.45, 2.75) is 52.5 Å². The Bertz CT molecular complexity index is 192. The van der Waals surface area contributed by atoms with Gasteiger partial charge in [0.25, 0.3) is 0 Å². The number of carbonyl (C=O) groups is 1. The van der Waals surface area contributed by atoms with Crippen LogP contribution in [-0.4, -0.2) is 32.3 Å². The molecule has 1 saturated heterocycles. The zero-order valence-electron chi connectivity index (χ0n) is 11.7. The Hall–Kier alpha value is -0.770. The molecule has 0 radical (unpaired) electrons. The number of rotatable bonds is 4. The van der Waals surface area contributed by atoms with Gasteiger partial charge in [0.2, 0.25) is 0 Å². The van der Waals surface area contributed by atoms with Crippen LogP contribution in [0.5, 0.6) is 0 Å². The van der Waals surface area contributed by atoms with E-state index in [-0.39, 0.29) is 6.03 Å². The molecule has 0 bridgehead atoms. The van der Waals surface area contributed by atoms with Gasteiger partial charge in [-0.05, 0) is 31.6 Å². The lowest BCUT2D eigenvalue weighted by Crippen LogP contribution is -2.41. The molecule has 0 aromatic heterocycles. The van der Waals surface area contributed by atoms with Gasteiger partial charge in [-0.1, -0.05) is 20.8 Å². The third-order valence-electron chi connectivity index (χ3n) is 3.01. The molecule has 2 amide bonds. The molecule has 0 unspecified atom stereocenters. The molecule has 0 aromatic carbocycles. The predicted molar refractivity (Wildman–Crippen MR) is 71.2 cm³/mol. The highest BCUT2D eigenvalue weighted by molar-refractivity contribution is 5.73. The Morgan fingerprint density at radius 2 is 1.94 bits per heavy atom. The minimum atomic E-state index is -0.0751. The van der Waals surface area contributed by atoms with Crippen molar-refractivity contribution in [3.05, 3.63) is 0 Å². The summed E-state index contributed by atoms with van der Waals surface area (Å²) in [5.74, 6) is 0.709. The van der Waals surface area contributed by atoms with Gasteiger partial charge in [-0.25, -0.2) is 4.79 Å². The van der Waals surface area contributed by atoms with Crippen molar-refractivity contribution >= 4 is 6.03 Å². The highest BCUT2D eigenvalue weighted by Crippen LogP contribution is 2.20. The number of nitrogens with one attached hydrogen (secondary N) is 2. The maximum Gasteiger partial charge on any atom is 0.314 e. The van der Waals surface area contributed by atoms with Crippen LogP contribution in [0.2, 0.25) is 0 Å². The second-order valence-electron chi connectivity index (χ2n) is 4.12. The van der Waals surface area contributed by atoms with Crippen molar-refractivity contribution in [2.75, 3.05) is 20.3 Å². The molecule has 1 heterocycles. The van der Waals surface area contributed by atoms with Crippen LogP contribution in [0.25, 0.3) is 0 Å². The van der Waals surface area contributed by atoms with Crippen molar-refractivity contribution in [3.63, 3.8) is 0 Å². The maximum atomic E-state index is 11.2. The first-order chi connectivity index (χ1) is 8.26. The Balaban J connectivity index is 0.00000121. The van der Waals surface area contributed by atoms with Gasteiger partial charge < -0.3 is 15.4 Å². The number of urea groups is 1. The summed E-state index contributed by atoms with van der Waals surface area (Å²) < 4.78 is 5.32. The van der Waals surface area contributed by atoms with Crippen LogP contribution in [0.4, 0.5) is 4.79 Å². The van der Waals surface area contributed by atoms with Crippen LogP contribution >= 0.6 is 0 Å². The SMILES string of the molecule is CC.CC[C@H](CC1CCOCC1)NC(=O)NC. The normalized spacial score (nSPS) is 17.6. The van der Waals surface area contributed by atoms with Crippen LogP contribution in [0.1, 0.15) is 46.5 Å². The average Bonchev–Trinajstić information content (AvgIpc) is 2.41. The fourth-order valence-electron chi connectivity index (χ4n) is 1.97. The summed E-state index contributed by atoms with van der Waals surface area (Å²) in [7, 11) is 1.65. The molecule has 1 aliphatic heterocycles. The van der Waals surface area contributed by atoms with Crippen molar-refractivity contribution in [1.82, 2.24) is 10.6 Å². The molecule has 4 nitrogen and oxygen atoms in total. The third-order valence-corrected chi connectivity index (χ3v) is 3.01. The summed E-state index contributed by atoms with van der Waals surface area (Å²) in [6, 6.07) is 0.224. The zero-order chi connectivity index (χ0) is 13.1. The van der Waals surface area contributed by atoms with Crippen LogP contribution in [-0.2, 0) is 4.74 Å². The van der Waals surface area contributed by atoms with Crippen molar-refractivity contribution in [1.29, 1.82) is 0 Å². The molecule has 0 spiro atoms. The molecule has 1 rings (SSSR count). The summed E-state index contributed by atoms with van der Waals surface area (Å²) in [6.07, 6.45) is 4.33. The van der Waals surface area contributed by atoms with E-state index in [1.807, 2.05) is 13.8 Å². The quantitative estimate of drug-likeness (QED) is 0.798. The van der Waals surface area contributed by atoms with E-state index in [0.29, 0.717) is 12.0 Å². The van der Waals surface area contributed by atoms with E-state index in [9.17, 15) is 4.79 Å². The monoisotopic (exact) mass is 244 g/mol. The largest absolute Gasteiger partial charge is 0.381 e. The first-order valence-electron chi connectivity index (χ1n) is 6.82. The van der Waals surface area contributed by atoms with Crippen LogP contribution in [0.3, 0.4) is 0 Å². The molecule has 4 heteroatoms. The zero-order valence-corrected chi connectivity index (χ0v) is 11.7. The Kier molecular flexibility index (Phi) is 9.92. The van der Waals surface area contributed by atoms with Gasteiger partial charge >= 0.3 is 6.03 Å². The van der Waals surface area contributed by atoms with E-state index in [4.69, 9.17) is 4.74 Å². The van der Waals surface area contributed by atoms with Gasteiger partial charge in [0, 0.05) is 26.3 Å². The number of amides is 2.